The van der Waals surface area contributed by atoms with Crippen LogP contribution in [0.25, 0.3) is 0 Å². The van der Waals surface area contributed by atoms with Crippen LogP contribution < -0.4 is 25.0 Å². The Bertz CT molecular complexity index is 1870. The van der Waals surface area contributed by atoms with Crippen LogP contribution in [0.4, 0.5) is 5.00 Å². The highest BCUT2D eigenvalue weighted by Crippen LogP contribution is 2.40. The molecule has 1 heterocycles. The van der Waals surface area contributed by atoms with Crippen LogP contribution in [0, 0.1) is 5.92 Å². The Kier molecular flexibility index (Phi) is 12.4. The Hall–Kier alpha value is -4.58. The molecule has 0 bridgehead atoms. The van der Waals surface area contributed by atoms with Gasteiger partial charge in [-0.2, -0.15) is 5.10 Å². The third kappa shape index (κ3) is 8.95. The lowest BCUT2D eigenvalue weighted by Gasteiger charge is -2.18. The van der Waals surface area contributed by atoms with E-state index in [2.05, 4.69) is 22.8 Å². The van der Waals surface area contributed by atoms with Gasteiger partial charge in [0.15, 0.2) is 17.6 Å². The number of benzene rings is 3. The van der Waals surface area contributed by atoms with Gasteiger partial charge in [-0.3, -0.25) is 9.59 Å². The van der Waals surface area contributed by atoms with Gasteiger partial charge in [0.2, 0.25) is 0 Å². The van der Waals surface area contributed by atoms with Gasteiger partial charge >= 0.3 is 5.97 Å². The summed E-state index contributed by atoms with van der Waals surface area (Å²) in [4.78, 5) is 39.8. The average molecular weight is 739 g/mol. The van der Waals surface area contributed by atoms with Crippen molar-refractivity contribution in [3.05, 3.63) is 103 Å². The molecule has 4 aromatic rings. The maximum atomic E-state index is 13.2. The van der Waals surface area contributed by atoms with E-state index >= 15 is 0 Å². The molecule has 10 nitrogen and oxygen atoms in total. The molecule has 2 N–H and O–H groups in total. The largest absolute Gasteiger partial charge is 0.493 e. The fraction of sp³-hybridized carbons (Fsp3) is 0.297. The number of halogens is 2. The number of nitrogens with one attached hydrogen (secondary N) is 2. The van der Waals surface area contributed by atoms with Gasteiger partial charge in [0.1, 0.15) is 17.4 Å². The number of carbonyl (C=O) groups is 3. The van der Waals surface area contributed by atoms with E-state index < -0.39 is 18.0 Å². The predicted octanol–water partition coefficient (Wildman–Crippen LogP) is 8.11. The quantitative estimate of drug-likeness (QED) is 0.0807. The van der Waals surface area contributed by atoms with Crippen LogP contribution in [-0.2, 0) is 29.0 Å². The zero-order valence-electron chi connectivity index (χ0n) is 28.0. The second-order valence-electron chi connectivity index (χ2n) is 11.6. The molecular weight excluding hydrogens is 701 g/mol. The topological polar surface area (TPSA) is 125 Å². The van der Waals surface area contributed by atoms with Crippen LogP contribution in [0.5, 0.6) is 17.2 Å². The number of ether oxygens (including phenoxy) is 4. The minimum atomic E-state index is -0.888. The first-order valence-electron chi connectivity index (χ1n) is 16.0. The van der Waals surface area contributed by atoms with Crippen LogP contribution in [0.3, 0.4) is 0 Å². The summed E-state index contributed by atoms with van der Waals surface area (Å²) in [6.45, 7) is 5.93. The summed E-state index contributed by atoms with van der Waals surface area (Å²) in [6, 6.07) is 16.8. The van der Waals surface area contributed by atoms with E-state index in [4.69, 9.17) is 42.1 Å². The first kappa shape index (κ1) is 36.7. The maximum absolute atomic E-state index is 13.2. The van der Waals surface area contributed by atoms with Crippen molar-refractivity contribution in [1.29, 1.82) is 0 Å². The van der Waals surface area contributed by atoms with E-state index in [9.17, 15) is 14.4 Å². The van der Waals surface area contributed by atoms with Gasteiger partial charge in [0.25, 0.3) is 11.8 Å². The van der Waals surface area contributed by atoms with Crippen LogP contribution in [0.2, 0.25) is 10.0 Å². The first-order chi connectivity index (χ1) is 24.1. The lowest BCUT2D eigenvalue weighted by molar-refractivity contribution is -0.127. The van der Waals surface area contributed by atoms with Crippen LogP contribution in [-0.4, -0.2) is 43.8 Å². The van der Waals surface area contributed by atoms with Crippen molar-refractivity contribution in [2.24, 2.45) is 11.0 Å². The van der Waals surface area contributed by atoms with Crippen molar-refractivity contribution in [1.82, 2.24) is 5.43 Å². The van der Waals surface area contributed by atoms with Crippen molar-refractivity contribution in [2.45, 2.75) is 52.7 Å². The van der Waals surface area contributed by atoms with Crippen molar-refractivity contribution in [2.75, 3.05) is 19.0 Å². The van der Waals surface area contributed by atoms with Crippen LogP contribution in [0.15, 0.2) is 65.8 Å². The van der Waals surface area contributed by atoms with Crippen molar-refractivity contribution in [3.8, 4) is 17.2 Å². The Morgan fingerprint density at radius 2 is 1.80 bits per heavy atom. The molecule has 0 fully saturated rings. The molecule has 2 unspecified atom stereocenters. The Morgan fingerprint density at radius 3 is 2.50 bits per heavy atom. The first-order valence-corrected chi connectivity index (χ1v) is 17.6. The number of anilines is 1. The number of nitrogens with zero attached hydrogens (tertiary/aromatic N) is 1. The number of hydrogen-bond donors (Lipinski definition) is 2. The molecule has 0 aliphatic heterocycles. The van der Waals surface area contributed by atoms with Crippen LogP contribution >= 0.6 is 34.5 Å². The average Bonchev–Trinajstić information content (AvgIpc) is 3.45. The number of hydrazone groups is 1. The molecule has 1 aliphatic carbocycles. The number of fused-ring (bicyclic) bond motifs is 1. The lowest BCUT2D eigenvalue weighted by Crippen LogP contribution is -2.33. The van der Waals surface area contributed by atoms with E-state index in [-0.39, 0.29) is 19.1 Å². The molecule has 0 saturated carbocycles. The molecule has 1 aliphatic rings. The Morgan fingerprint density at radius 1 is 1.06 bits per heavy atom. The highest BCUT2D eigenvalue weighted by molar-refractivity contribution is 7.17. The summed E-state index contributed by atoms with van der Waals surface area (Å²) < 4.78 is 22.4. The SMILES string of the molecule is CCOC(=O)c1c(NC(=O)c2ccc(OC(C)C(=O)N/N=C/c3ccc(OCc4c(Cl)cccc4Cl)c(OC)c3)cc2)sc2c1CCC(C)C2. The molecule has 2 atom stereocenters. The number of carbonyl (C=O) groups excluding carboxylic acids is 3. The fourth-order valence-corrected chi connectivity index (χ4v) is 7.24. The minimum absolute atomic E-state index is 0.153. The zero-order chi connectivity index (χ0) is 35.8. The molecular formula is C37H37Cl2N3O7S. The monoisotopic (exact) mass is 737 g/mol. The zero-order valence-corrected chi connectivity index (χ0v) is 30.3. The highest BCUT2D eigenvalue weighted by atomic mass is 35.5. The van der Waals surface area contributed by atoms with Gasteiger partial charge in [0, 0.05) is 26.0 Å². The summed E-state index contributed by atoms with van der Waals surface area (Å²) in [5.41, 5.74) is 5.58. The second kappa shape index (κ2) is 16.9. The van der Waals surface area contributed by atoms with Gasteiger partial charge in [0.05, 0.1) is 25.5 Å². The number of amides is 2. The maximum Gasteiger partial charge on any atom is 0.341 e. The highest BCUT2D eigenvalue weighted by Gasteiger charge is 2.29. The molecule has 3 aromatic carbocycles. The van der Waals surface area contributed by atoms with Gasteiger partial charge in [-0.15, -0.1) is 11.3 Å². The third-order valence-electron chi connectivity index (χ3n) is 8.03. The second-order valence-corrected chi connectivity index (χ2v) is 13.6. The number of esters is 1. The van der Waals surface area contributed by atoms with E-state index in [0.717, 1.165) is 29.7 Å². The molecule has 2 amide bonds. The Balaban J connectivity index is 1.15. The summed E-state index contributed by atoms with van der Waals surface area (Å²) >= 11 is 13.9. The summed E-state index contributed by atoms with van der Waals surface area (Å²) in [7, 11) is 1.52. The molecule has 50 heavy (non-hydrogen) atoms. The van der Waals surface area contributed by atoms with E-state index in [1.54, 1.807) is 74.5 Å². The van der Waals surface area contributed by atoms with Crippen molar-refractivity contribution in [3.63, 3.8) is 0 Å². The van der Waals surface area contributed by atoms with E-state index in [1.165, 1.54) is 24.7 Å². The molecule has 13 heteroatoms. The molecule has 0 spiro atoms. The van der Waals surface area contributed by atoms with E-state index in [1.807, 2.05) is 0 Å². The summed E-state index contributed by atoms with van der Waals surface area (Å²) in [5.74, 6) is 0.577. The van der Waals surface area contributed by atoms with Crippen molar-refractivity contribution < 1.29 is 33.3 Å². The van der Waals surface area contributed by atoms with Gasteiger partial charge in [-0.25, -0.2) is 10.2 Å². The minimum Gasteiger partial charge on any atom is -0.493 e. The molecule has 0 radical (unpaired) electrons. The van der Waals surface area contributed by atoms with Crippen LogP contribution in [0.1, 0.15) is 69.5 Å². The normalized spacial score (nSPS) is 14.4. The van der Waals surface area contributed by atoms with Crippen molar-refractivity contribution >= 4 is 63.5 Å². The molecule has 1 aromatic heterocycles. The smallest absolute Gasteiger partial charge is 0.341 e. The summed E-state index contributed by atoms with van der Waals surface area (Å²) in [6.07, 6.45) is 3.20. The lowest BCUT2D eigenvalue weighted by atomic mass is 9.88. The number of methoxy groups -OCH3 is 1. The standard InChI is InChI=1S/C37H37Cl2N3O7S/c1-5-47-37(45)33-26-15-9-21(2)17-32(26)50-36(33)41-35(44)24-11-13-25(14-12-24)49-22(3)34(43)42-40-19-23-10-16-30(31(18-23)46-4)48-20-27-28(38)7-6-8-29(27)39/h6-8,10-14,16,18-19,21-22H,5,9,15,17,20H2,1-4H3,(H,41,44)(H,42,43)/b40-19+. The predicted molar refractivity (Wildman–Crippen MR) is 195 cm³/mol. The number of hydrogen-bond acceptors (Lipinski definition) is 9. The number of rotatable bonds is 13. The third-order valence-corrected chi connectivity index (χ3v) is 9.90. The number of thiophene rings is 1. The van der Waals surface area contributed by atoms with E-state index in [0.29, 0.717) is 60.5 Å². The van der Waals surface area contributed by atoms with Gasteiger partial charge in [-0.1, -0.05) is 36.2 Å². The molecule has 262 valence electrons. The molecule has 0 saturated heterocycles. The van der Waals surface area contributed by atoms with Gasteiger partial charge in [-0.05, 0) is 105 Å². The Labute approximate surface area is 304 Å². The molecule has 5 rings (SSSR count). The fourth-order valence-electron chi connectivity index (χ4n) is 5.34. The summed E-state index contributed by atoms with van der Waals surface area (Å²) in [5, 5.41) is 8.46. The van der Waals surface area contributed by atoms with Gasteiger partial charge < -0.3 is 24.3 Å².